The van der Waals surface area contributed by atoms with E-state index in [0.29, 0.717) is 17.5 Å². The Balaban J connectivity index is 1.57. The van der Waals surface area contributed by atoms with Crippen molar-refractivity contribution in [3.8, 4) is 17.5 Å². The number of pyridine rings is 1. The minimum atomic E-state index is -0.245. The molecule has 0 fully saturated rings. The number of fused-ring (bicyclic) bond motifs is 1. The zero-order valence-electron chi connectivity index (χ0n) is 17.5. The second-order valence-corrected chi connectivity index (χ2v) is 7.86. The molecule has 8 nitrogen and oxygen atoms in total. The first-order chi connectivity index (χ1) is 15.1. The molecule has 3 aromatic rings. The number of Topliss-reactive ketones (excluding diaryl/α,β-unsaturated/α-hetero) is 1. The second kappa shape index (κ2) is 8.62. The summed E-state index contributed by atoms with van der Waals surface area (Å²) in [6, 6.07) is 13.7. The molecule has 0 aliphatic carbocycles. The fourth-order valence-electron chi connectivity index (χ4n) is 3.65. The van der Waals surface area contributed by atoms with Gasteiger partial charge in [0.15, 0.2) is 16.8 Å². The number of hydrogen-bond acceptors (Lipinski definition) is 8. The van der Waals surface area contributed by atoms with Crippen LogP contribution in [0.3, 0.4) is 0 Å². The van der Waals surface area contributed by atoms with Gasteiger partial charge in [0.2, 0.25) is 0 Å². The summed E-state index contributed by atoms with van der Waals surface area (Å²) in [4.78, 5) is 20.8. The number of nitriles is 1. The van der Waals surface area contributed by atoms with Crippen LogP contribution in [0, 0.1) is 11.3 Å². The van der Waals surface area contributed by atoms with Gasteiger partial charge in [0, 0.05) is 38.6 Å². The number of thioether (sulfide) groups is 1. The lowest BCUT2D eigenvalue weighted by Crippen LogP contribution is -2.26. The molecule has 0 unspecified atom stereocenters. The lowest BCUT2D eigenvalue weighted by Gasteiger charge is -2.19. The van der Waals surface area contributed by atoms with Crippen LogP contribution in [-0.4, -0.2) is 45.4 Å². The standard InChI is InChI=1S/C22H21N7OS/c1-4-29-20(15-9-11-24-12-10-15)25-26-22(29)31-14-19(30)16(13-23)21-27(2)17-7-5-6-8-18(17)28(21)3/h5-12H,4,14H2,1-3H3. The number of ketones is 1. The molecule has 1 aliphatic heterocycles. The molecule has 0 saturated heterocycles. The predicted molar refractivity (Wildman–Crippen MR) is 121 cm³/mol. The van der Waals surface area contributed by atoms with Crippen LogP contribution in [0.25, 0.3) is 11.4 Å². The summed E-state index contributed by atoms with van der Waals surface area (Å²) >= 11 is 1.29. The summed E-state index contributed by atoms with van der Waals surface area (Å²) in [7, 11) is 3.73. The van der Waals surface area contributed by atoms with E-state index >= 15 is 0 Å². The van der Waals surface area contributed by atoms with Crippen molar-refractivity contribution in [1.82, 2.24) is 19.7 Å². The first-order valence-electron chi connectivity index (χ1n) is 9.77. The topological polar surface area (TPSA) is 90.9 Å². The Morgan fingerprint density at radius 2 is 1.71 bits per heavy atom. The minimum Gasteiger partial charge on any atom is -0.328 e. The average Bonchev–Trinajstić information content (AvgIpc) is 3.33. The molecule has 0 spiro atoms. The lowest BCUT2D eigenvalue weighted by atomic mass is 10.2. The summed E-state index contributed by atoms with van der Waals surface area (Å²) in [6.07, 6.45) is 3.41. The van der Waals surface area contributed by atoms with E-state index in [2.05, 4.69) is 21.3 Å². The molecule has 0 bridgehead atoms. The number of aromatic nitrogens is 4. The van der Waals surface area contributed by atoms with Gasteiger partial charge < -0.3 is 14.4 Å². The number of anilines is 2. The number of benzene rings is 1. The zero-order chi connectivity index (χ0) is 22.0. The SMILES string of the molecule is CCn1c(SCC(=O)C(C#N)=C2N(C)c3ccccc3N2C)nnc1-c1ccncc1. The van der Waals surface area contributed by atoms with Crippen molar-refractivity contribution in [3.63, 3.8) is 0 Å². The molecule has 0 saturated carbocycles. The molecule has 0 radical (unpaired) electrons. The number of para-hydroxylation sites is 2. The fraction of sp³-hybridized carbons (Fsp3) is 0.227. The van der Waals surface area contributed by atoms with Gasteiger partial charge >= 0.3 is 0 Å². The van der Waals surface area contributed by atoms with Gasteiger partial charge in [0.25, 0.3) is 0 Å². The highest BCUT2D eigenvalue weighted by Gasteiger charge is 2.31. The van der Waals surface area contributed by atoms with Crippen molar-refractivity contribution in [2.45, 2.75) is 18.6 Å². The summed E-state index contributed by atoms with van der Waals surface area (Å²) < 4.78 is 1.95. The smallest absolute Gasteiger partial charge is 0.191 e. The largest absolute Gasteiger partial charge is 0.328 e. The first-order valence-corrected chi connectivity index (χ1v) is 10.8. The molecular weight excluding hydrogens is 410 g/mol. The predicted octanol–water partition coefficient (Wildman–Crippen LogP) is 3.34. The van der Waals surface area contributed by atoms with E-state index in [1.165, 1.54) is 11.8 Å². The van der Waals surface area contributed by atoms with Crippen molar-refractivity contribution in [1.29, 1.82) is 5.26 Å². The number of nitrogens with zero attached hydrogens (tertiary/aromatic N) is 7. The molecule has 9 heteroatoms. The summed E-state index contributed by atoms with van der Waals surface area (Å²) in [6.45, 7) is 2.66. The highest BCUT2D eigenvalue weighted by atomic mass is 32.2. The van der Waals surface area contributed by atoms with Crippen molar-refractivity contribution < 1.29 is 4.79 Å². The second-order valence-electron chi connectivity index (χ2n) is 6.92. The quantitative estimate of drug-likeness (QED) is 0.333. The highest BCUT2D eigenvalue weighted by molar-refractivity contribution is 7.99. The lowest BCUT2D eigenvalue weighted by molar-refractivity contribution is -0.112. The third-order valence-corrected chi connectivity index (χ3v) is 6.12. The van der Waals surface area contributed by atoms with E-state index < -0.39 is 0 Å². The van der Waals surface area contributed by atoms with Crippen molar-refractivity contribution in [2.24, 2.45) is 0 Å². The third-order valence-electron chi connectivity index (χ3n) is 5.16. The Labute approximate surface area is 184 Å². The van der Waals surface area contributed by atoms with Crippen LogP contribution in [0.5, 0.6) is 0 Å². The van der Waals surface area contributed by atoms with E-state index in [4.69, 9.17) is 0 Å². The molecule has 4 rings (SSSR count). The molecule has 1 aliphatic rings. The molecule has 31 heavy (non-hydrogen) atoms. The van der Waals surface area contributed by atoms with Crippen LogP contribution >= 0.6 is 11.8 Å². The minimum absolute atomic E-state index is 0.0961. The Bertz CT molecular complexity index is 1170. The van der Waals surface area contributed by atoms with Gasteiger partial charge in [-0.05, 0) is 31.2 Å². The van der Waals surface area contributed by atoms with Crippen molar-refractivity contribution in [3.05, 3.63) is 60.2 Å². The van der Waals surface area contributed by atoms with Crippen molar-refractivity contribution >= 4 is 28.9 Å². The Hall–Kier alpha value is -3.64. The molecular formula is C22H21N7OS. The molecule has 0 atom stereocenters. The molecule has 0 N–H and O–H groups in total. The number of carbonyl (C=O) groups excluding carboxylic acids is 1. The number of hydrogen-bond donors (Lipinski definition) is 0. The highest BCUT2D eigenvalue weighted by Crippen LogP contribution is 2.40. The van der Waals surface area contributed by atoms with Gasteiger partial charge in [-0.2, -0.15) is 5.26 Å². The molecule has 1 aromatic carbocycles. The number of allylic oxidation sites excluding steroid dienone is 1. The van der Waals surface area contributed by atoms with Gasteiger partial charge in [-0.3, -0.25) is 9.78 Å². The van der Waals surface area contributed by atoms with Gasteiger partial charge in [-0.1, -0.05) is 23.9 Å². The average molecular weight is 432 g/mol. The Morgan fingerprint density at radius 1 is 1.06 bits per heavy atom. The van der Waals surface area contributed by atoms with Crippen LogP contribution in [0.1, 0.15) is 6.92 Å². The maximum atomic E-state index is 13.0. The van der Waals surface area contributed by atoms with Crippen LogP contribution in [0.2, 0.25) is 0 Å². The van der Waals surface area contributed by atoms with Crippen LogP contribution in [0.4, 0.5) is 11.4 Å². The van der Waals surface area contributed by atoms with Gasteiger partial charge in [0.1, 0.15) is 17.5 Å². The maximum Gasteiger partial charge on any atom is 0.191 e. The Morgan fingerprint density at radius 3 is 2.29 bits per heavy atom. The van der Waals surface area contributed by atoms with E-state index in [-0.39, 0.29) is 17.1 Å². The zero-order valence-corrected chi connectivity index (χ0v) is 18.3. The monoisotopic (exact) mass is 431 g/mol. The van der Waals surface area contributed by atoms with E-state index in [9.17, 15) is 10.1 Å². The third kappa shape index (κ3) is 3.66. The Kier molecular flexibility index (Phi) is 5.73. The van der Waals surface area contributed by atoms with E-state index in [1.54, 1.807) is 12.4 Å². The van der Waals surface area contributed by atoms with Crippen molar-refractivity contribution in [2.75, 3.05) is 29.6 Å². The van der Waals surface area contributed by atoms with Gasteiger partial charge in [-0.15, -0.1) is 10.2 Å². The van der Waals surface area contributed by atoms with Gasteiger partial charge in [0.05, 0.1) is 17.1 Å². The molecule has 3 heterocycles. The molecule has 2 aromatic heterocycles. The van der Waals surface area contributed by atoms with Crippen LogP contribution in [-0.2, 0) is 11.3 Å². The van der Waals surface area contributed by atoms with Crippen LogP contribution < -0.4 is 9.80 Å². The fourth-order valence-corrected chi connectivity index (χ4v) is 4.53. The maximum absolute atomic E-state index is 13.0. The van der Waals surface area contributed by atoms with E-state index in [1.807, 2.05) is 71.8 Å². The van der Waals surface area contributed by atoms with Gasteiger partial charge in [-0.25, -0.2) is 0 Å². The normalized spacial score (nSPS) is 12.6. The summed E-state index contributed by atoms with van der Waals surface area (Å²) in [5.74, 6) is 1.16. The van der Waals surface area contributed by atoms with Crippen LogP contribution in [0.15, 0.2) is 65.3 Å². The number of rotatable bonds is 6. The molecule has 156 valence electrons. The number of carbonyl (C=O) groups is 1. The summed E-state index contributed by atoms with van der Waals surface area (Å²) in [5, 5.41) is 19.0. The summed E-state index contributed by atoms with van der Waals surface area (Å²) in [5.41, 5.74) is 2.96. The first kappa shape index (κ1) is 20.6. The molecule has 0 amide bonds. The van der Waals surface area contributed by atoms with E-state index in [0.717, 1.165) is 22.8 Å².